The van der Waals surface area contributed by atoms with Gasteiger partial charge in [0.2, 0.25) is 17.7 Å². The minimum absolute atomic E-state index is 0.0815. The van der Waals surface area contributed by atoms with Gasteiger partial charge in [0.05, 0.1) is 13.1 Å². The number of nitrogens with one attached hydrogen (secondary N) is 3. The molecular formula is C26H28N10O5. The van der Waals surface area contributed by atoms with Crippen LogP contribution in [-0.4, -0.2) is 55.3 Å². The summed E-state index contributed by atoms with van der Waals surface area (Å²) in [6.07, 6.45) is 0. The second-order valence-electron chi connectivity index (χ2n) is 9.14. The van der Waals surface area contributed by atoms with E-state index >= 15 is 0 Å². The lowest BCUT2D eigenvalue weighted by Crippen LogP contribution is -2.23. The van der Waals surface area contributed by atoms with Crippen molar-refractivity contribution in [3.05, 3.63) is 59.3 Å². The van der Waals surface area contributed by atoms with Crippen LogP contribution in [0.3, 0.4) is 0 Å². The van der Waals surface area contributed by atoms with E-state index in [1.54, 1.807) is 14.1 Å². The number of carbonyl (C=O) groups is 1. The lowest BCUT2D eigenvalue weighted by Gasteiger charge is -2.10. The molecule has 4 heterocycles. The van der Waals surface area contributed by atoms with Crippen molar-refractivity contribution in [2.24, 2.45) is 0 Å². The molecule has 0 spiro atoms. The molecule has 0 atom stereocenters. The molecule has 4 aromatic heterocycles. The summed E-state index contributed by atoms with van der Waals surface area (Å²) in [4.78, 5) is 21.2. The molecule has 0 radical (unpaired) electrons. The Morgan fingerprint density at radius 1 is 0.756 bits per heavy atom. The van der Waals surface area contributed by atoms with Crippen molar-refractivity contribution in [2.75, 3.05) is 24.7 Å². The Morgan fingerprint density at radius 3 is 1.78 bits per heavy atom. The molecule has 3 N–H and O–H groups in total. The zero-order chi connectivity index (χ0) is 28.9. The Labute approximate surface area is 233 Å². The van der Waals surface area contributed by atoms with Gasteiger partial charge in [-0.1, -0.05) is 22.3 Å². The van der Waals surface area contributed by atoms with E-state index in [1.165, 1.54) is 11.8 Å². The standard InChI is InChI=1S/C14H15N5O3.C12H13N5O2/c1-8-4-5-11-10(6-8)15-13(21-11)16-14-18-17-12(22-14)7-19(3)9(2)20;1-7-3-4-9-8(5-7)14-11(18-9)15-12-17-16-10(19-12)6-13-2/h4-6H,7H2,1-3H3,(H,15,16,18);3-5,13H,6H2,1-2H3,(H,14,15,17). The molecule has 212 valence electrons. The fourth-order valence-electron chi connectivity index (χ4n) is 3.57. The van der Waals surface area contributed by atoms with Crippen molar-refractivity contribution >= 4 is 52.2 Å². The first kappa shape index (κ1) is 27.3. The van der Waals surface area contributed by atoms with E-state index in [-0.39, 0.29) is 30.5 Å². The van der Waals surface area contributed by atoms with Gasteiger partial charge in [0.15, 0.2) is 11.2 Å². The summed E-state index contributed by atoms with van der Waals surface area (Å²) in [6.45, 7) is 6.22. The van der Waals surface area contributed by atoms with Crippen molar-refractivity contribution in [1.82, 2.24) is 40.6 Å². The Morgan fingerprint density at radius 2 is 1.27 bits per heavy atom. The van der Waals surface area contributed by atoms with E-state index in [2.05, 4.69) is 46.3 Å². The minimum Gasteiger partial charge on any atom is -0.423 e. The Bertz CT molecular complexity index is 1790. The van der Waals surface area contributed by atoms with Crippen LogP contribution in [0.1, 0.15) is 29.8 Å². The third kappa shape index (κ3) is 6.83. The first-order valence-electron chi connectivity index (χ1n) is 12.5. The quantitative estimate of drug-likeness (QED) is 0.240. The fraction of sp³-hybridized carbons (Fsp3) is 0.269. The summed E-state index contributed by atoms with van der Waals surface area (Å²) in [5, 5.41) is 24.0. The molecule has 0 bridgehead atoms. The van der Waals surface area contributed by atoms with Crippen LogP contribution in [0.25, 0.3) is 22.2 Å². The van der Waals surface area contributed by atoms with Crippen LogP contribution in [0.15, 0.2) is 54.1 Å². The van der Waals surface area contributed by atoms with Crippen LogP contribution < -0.4 is 16.0 Å². The minimum atomic E-state index is -0.0815. The monoisotopic (exact) mass is 560 g/mol. The lowest BCUT2D eigenvalue weighted by molar-refractivity contribution is -0.128. The highest BCUT2D eigenvalue weighted by atomic mass is 16.4. The summed E-state index contributed by atoms with van der Waals surface area (Å²) in [7, 11) is 3.46. The maximum atomic E-state index is 11.2. The van der Waals surface area contributed by atoms with Gasteiger partial charge in [-0.25, -0.2) is 0 Å². The summed E-state index contributed by atoms with van der Waals surface area (Å²) in [5.41, 5.74) is 5.14. The van der Waals surface area contributed by atoms with E-state index in [1.807, 2.05) is 50.2 Å². The largest absolute Gasteiger partial charge is 0.423 e. The molecule has 2 aromatic carbocycles. The first-order valence-corrected chi connectivity index (χ1v) is 12.5. The highest BCUT2D eigenvalue weighted by molar-refractivity contribution is 5.76. The zero-order valence-electron chi connectivity index (χ0n) is 23.1. The number of nitrogens with zero attached hydrogens (tertiary/aromatic N) is 7. The summed E-state index contributed by atoms with van der Waals surface area (Å²) in [5.74, 6) is 0.742. The van der Waals surface area contributed by atoms with Gasteiger partial charge in [0.25, 0.3) is 0 Å². The second-order valence-corrected chi connectivity index (χ2v) is 9.14. The van der Waals surface area contributed by atoms with Crippen molar-refractivity contribution < 1.29 is 22.5 Å². The molecule has 1 amide bonds. The van der Waals surface area contributed by atoms with Gasteiger partial charge >= 0.3 is 24.1 Å². The fourth-order valence-corrected chi connectivity index (χ4v) is 3.57. The van der Waals surface area contributed by atoms with Gasteiger partial charge in [-0.05, 0) is 56.3 Å². The van der Waals surface area contributed by atoms with Crippen LogP contribution in [0.5, 0.6) is 0 Å². The molecule has 0 fully saturated rings. The molecule has 0 saturated heterocycles. The van der Waals surface area contributed by atoms with Gasteiger partial charge in [-0.15, -0.1) is 10.2 Å². The number of aryl methyl sites for hydroxylation is 2. The number of anilines is 4. The van der Waals surface area contributed by atoms with Gasteiger partial charge in [-0.3, -0.25) is 15.4 Å². The number of carbonyl (C=O) groups excluding carboxylic acids is 1. The predicted molar refractivity (Wildman–Crippen MR) is 148 cm³/mol. The highest BCUT2D eigenvalue weighted by Crippen LogP contribution is 2.23. The number of fused-ring (bicyclic) bond motifs is 2. The molecule has 0 aliphatic rings. The molecule has 0 unspecified atom stereocenters. The lowest BCUT2D eigenvalue weighted by atomic mass is 10.2. The molecule has 0 aliphatic heterocycles. The number of amides is 1. The van der Waals surface area contributed by atoms with Gasteiger partial charge in [-0.2, -0.15) is 9.97 Å². The van der Waals surface area contributed by atoms with E-state index in [0.717, 1.165) is 22.2 Å². The van der Waals surface area contributed by atoms with Crippen molar-refractivity contribution in [1.29, 1.82) is 0 Å². The molecular weight excluding hydrogens is 532 g/mol. The first-order chi connectivity index (χ1) is 19.7. The maximum Gasteiger partial charge on any atom is 0.323 e. The second kappa shape index (κ2) is 11.8. The van der Waals surface area contributed by atoms with Gasteiger partial charge in [0.1, 0.15) is 11.0 Å². The Kier molecular flexibility index (Phi) is 7.87. The average Bonchev–Trinajstić information content (AvgIpc) is 3.72. The Balaban J connectivity index is 0.000000166. The number of aromatic nitrogens is 6. The topological polar surface area (TPSA) is 186 Å². The third-order valence-electron chi connectivity index (χ3n) is 5.69. The van der Waals surface area contributed by atoms with E-state index < -0.39 is 0 Å². The summed E-state index contributed by atoms with van der Waals surface area (Å²) >= 11 is 0. The van der Waals surface area contributed by atoms with Crippen LogP contribution in [0.2, 0.25) is 0 Å². The number of benzene rings is 2. The van der Waals surface area contributed by atoms with E-state index in [9.17, 15) is 4.79 Å². The number of hydrogen-bond donors (Lipinski definition) is 3. The molecule has 0 saturated carbocycles. The highest BCUT2D eigenvalue weighted by Gasteiger charge is 2.14. The molecule has 41 heavy (non-hydrogen) atoms. The molecule has 0 aliphatic carbocycles. The van der Waals surface area contributed by atoms with Crippen LogP contribution in [0, 0.1) is 13.8 Å². The smallest absolute Gasteiger partial charge is 0.323 e. The summed E-state index contributed by atoms with van der Waals surface area (Å²) in [6, 6.07) is 12.5. The third-order valence-corrected chi connectivity index (χ3v) is 5.69. The molecule has 15 heteroatoms. The molecule has 6 aromatic rings. The average molecular weight is 561 g/mol. The normalized spacial score (nSPS) is 11.0. The number of oxazole rings is 2. The van der Waals surface area contributed by atoms with E-state index in [0.29, 0.717) is 35.5 Å². The van der Waals surface area contributed by atoms with Gasteiger partial charge < -0.3 is 27.9 Å². The molecule has 6 rings (SSSR count). The summed E-state index contributed by atoms with van der Waals surface area (Å²) < 4.78 is 21.8. The number of hydrogen-bond acceptors (Lipinski definition) is 14. The Hall–Kier alpha value is -5.31. The molecule has 15 nitrogen and oxygen atoms in total. The SMILES string of the molecule is CC(=O)N(C)Cc1nnc(Nc2nc3cc(C)ccc3o2)o1.CNCc1nnc(Nc2nc3cc(C)ccc3o2)o1. The zero-order valence-corrected chi connectivity index (χ0v) is 23.1. The number of rotatable bonds is 8. The van der Waals surface area contributed by atoms with Crippen molar-refractivity contribution in [3.63, 3.8) is 0 Å². The van der Waals surface area contributed by atoms with Crippen LogP contribution >= 0.6 is 0 Å². The van der Waals surface area contributed by atoms with Gasteiger partial charge in [0, 0.05) is 14.0 Å². The van der Waals surface area contributed by atoms with Crippen LogP contribution in [-0.2, 0) is 17.9 Å². The maximum absolute atomic E-state index is 11.2. The van der Waals surface area contributed by atoms with Crippen molar-refractivity contribution in [3.8, 4) is 0 Å². The van der Waals surface area contributed by atoms with E-state index in [4.69, 9.17) is 17.7 Å². The van der Waals surface area contributed by atoms with Crippen LogP contribution in [0.4, 0.5) is 24.1 Å². The van der Waals surface area contributed by atoms with Crippen molar-refractivity contribution in [2.45, 2.75) is 33.9 Å². The predicted octanol–water partition coefficient (Wildman–Crippen LogP) is 4.22.